The Morgan fingerprint density at radius 2 is 1.32 bits per heavy atom. The molecule has 1 fully saturated rings. The van der Waals surface area contributed by atoms with Crippen molar-refractivity contribution in [3.63, 3.8) is 0 Å². The number of benzene rings is 3. The second-order valence-corrected chi connectivity index (χ2v) is 13.5. The highest BCUT2D eigenvalue weighted by Crippen LogP contribution is 2.60. The Kier molecular flexibility index (Phi) is 8.29. The van der Waals surface area contributed by atoms with Crippen molar-refractivity contribution in [1.29, 1.82) is 0 Å². The lowest BCUT2D eigenvalue weighted by atomic mass is 9.76. The maximum absolute atomic E-state index is 13.4. The lowest BCUT2D eigenvalue weighted by molar-refractivity contribution is -0.140. The molecule has 1 aliphatic heterocycles. The molecule has 0 amide bonds. The van der Waals surface area contributed by atoms with Gasteiger partial charge in [0.1, 0.15) is 11.8 Å². The third-order valence-corrected chi connectivity index (χ3v) is 10.9. The third kappa shape index (κ3) is 5.28. The maximum Gasteiger partial charge on any atom is 0.348 e. The zero-order valence-electron chi connectivity index (χ0n) is 21.3. The van der Waals surface area contributed by atoms with E-state index in [1.165, 1.54) is 26.0 Å². The molecule has 0 spiro atoms. The predicted molar refractivity (Wildman–Crippen MR) is 148 cm³/mol. The van der Waals surface area contributed by atoms with Crippen LogP contribution in [0.1, 0.15) is 30.5 Å². The van der Waals surface area contributed by atoms with Gasteiger partial charge >= 0.3 is 13.6 Å². The van der Waals surface area contributed by atoms with Gasteiger partial charge in [0.25, 0.3) is 0 Å². The quantitative estimate of drug-likeness (QED) is 0.236. The maximum atomic E-state index is 13.4. The number of rotatable bonds is 10. The van der Waals surface area contributed by atoms with Crippen LogP contribution in [0.15, 0.2) is 91.0 Å². The fraction of sp³-hybridized carbons (Fsp3) is 0.321. The molecule has 0 bridgehead atoms. The monoisotopic (exact) mass is 540 g/mol. The van der Waals surface area contributed by atoms with Gasteiger partial charge in [-0.15, -0.1) is 11.8 Å². The van der Waals surface area contributed by atoms with Gasteiger partial charge in [-0.2, -0.15) is 0 Å². The summed E-state index contributed by atoms with van der Waals surface area (Å²) in [5, 5.41) is 16.8. The van der Waals surface area contributed by atoms with Crippen LogP contribution in [0.25, 0.3) is 0 Å². The van der Waals surface area contributed by atoms with Gasteiger partial charge in [-0.25, -0.2) is 0 Å². The minimum atomic E-state index is -3.54. The number of aliphatic carboxylic acids is 1. The zero-order valence-corrected chi connectivity index (χ0v) is 23.0. The average molecular weight is 541 g/mol. The highest BCUT2D eigenvalue weighted by Gasteiger charge is 2.55. The van der Waals surface area contributed by atoms with Crippen molar-refractivity contribution in [2.24, 2.45) is 0 Å². The molecule has 3 aromatic carbocycles. The molecule has 0 aliphatic carbocycles. The van der Waals surface area contributed by atoms with Gasteiger partial charge in [-0.05, 0) is 30.5 Å². The number of nitrogens with one attached hydrogen (secondary N) is 2. The Balaban J connectivity index is 1.86. The van der Waals surface area contributed by atoms with Crippen LogP contribution in [0.3, 0.4) is 0 Å². The standard InChI is InChI=1S/C28H33N2O5PS/c1-27(2)26(36(33,34-3)35-4)29-24(37-27)23(25(31)32)30-28(20-14-8-5-9-15-20,21-16-10-6-11-17-21)22-18-12-7-13-19-22/h5-19,23-24,26,29-30H,1-4H3,(H,31,32). The van der Waals surface area contributed by atoms with E-state index in [2.05, 4.69) is 10.6 Å². The van der Waals surface area contributed by atoms with Crippen LogP contribution >= 0.6 is 19.4 Å². The molecule has 7 nitrogen and oxygen atoms in total. The van der Waals surface area contributed by atoms with Crippen molar-refractivity contribution < 1.29 is 23.5 Å². The Bertz CT molecular complexity index is 1140. The second-order valence-electron chi connectivity index (χ2n) is 9.42. The molecule has 0 radical (unpaired) electrons. The van der Waals surface area contributed by atoms with E-state index in [9.17, 15) is 14.5 Å². The number of hydrogen-bond acceptors (Lipinski definition) is 7. The molecular weight excluding hydrogens is 507 g/mol. The molecular formula is C28H33N2O5PS. The molecule has 3 aromatic rings. The van der Waals surface area contributed by atoms with Crippen molar-refractivity contribution in [3.8, 4) is 0 Å². The molecule has 37 heavy (non-hydrogen) atoms. The fourth-order valence-electron chi connectivity index (χ4n) is 5.02. The summed E-state index contributed by atoms with van der Waals surface area (Å²) in [6, 6.07) is 28.4. The first-order chi connectivity index (χ1) is 17.7. The number of thioether (sulfide) groups is 1. The summed E-state index contributed by atoms with van der Waals surface area (Å²) in [4.78, 5) is 12.9. The van der Waals surface area contributed by atoms with E-state index in [1.54, 1.807) is 0 Å². The zero-order chi connectivity index (χ0) is 26.7. The van der Waals surface area contributed by atoms with E-state index >= 15 is 0 Å². The summed E-state index contributed by atoms with van der Waals surface area (Å²) in [7, 11) is -0.845. The molecule has 0 saturated carbocycles. The summed E-state index contributed by atoms with van der Waals surface area (Å²) in [5.41, 5.74) is 1.72. The molecule has 1 saturated heterocycles. The summed E-state index contributed by atoms with van der Waals surface area (Å²) >= 11 is 1.41. The smallest absolute Gasteiger partial charge is 0.348 e. The van der Waals surface area contributed by atoms with Gasteiger partial charge in [0.2, 0.25) is 0 Å². The van der Waals surface area contributed by atoms with E-state index in [-0.39, 0.29) is 0 Å². The van der Waals surface area contributed by atoms with Crippen molar-refractivity contribution in [2.75, 3.05) is 14.2 Å². The van der Waals surface area contributed by atoms with Gasteiger partial charge in [0.05, 0.1) is 10.9 Å². The van der Waals surface area contributed by atoms with Crippen LogP contribution in [-0.2, 0) is 23.9 Å². The first-order valence-corrected chi connectivity index (χ1v) is 14.5. The molecule has 9 heteroatoms. The van der Waals surface area contributed by atoms with Gasteiger partial charge in [0, 0.05) is 19.0 Å². The normalized spacial score (nSPS) is 20.4. The minimum absolute atomic E-state index is 0.628. The molecule has 0 aromatic heterocycles. The van der Waals surface area contributed by atoms with Gasteiger partial charge in [-0.3, -0.25) is 20.0 Å². The molecule has 196 valence electrons. The van der Waals surface area contributed by atoms with E-state index in [0.717, 1.165) is 16.7 Å². The van der Waals surface area contributed by atoms with Gasteiger partial charge in [-0.1, -0.05) is 91.0 Å². The molecule has 1 aliphatic rings. The molecule has 4 rings (SSSR count). The Morgan fingerprint density at radius 1 is 0.919 bits per heavy atom. The predicted octanol–water partition coefficient (Wildman–Crippen LogP) is 5.27. The van der Waals surface area contributed by atoms with E-state index < -0.39 is 41.0 Å². The van der Waals surface area contributed by atoms with Crippen LogP contribution < -0.4 is 10.6 Å². The summed E-state index contributed by atoms with van der Waals surface area (Å²) in [6.07, 6.45) is 0. The second kappa shape index (κ2) is 11.1. The lowest BCUT2D eigenvalue weighted by Crippen LogP contribution is -2.58. The van der Waals surface area contributed by atoms with E-state index in [4.69, 9.17) is 9.05 Å². The van der Waals surface area contributed by atoms with Gasteiger partial charge < -0.3 is 14.2 Å². The third-order valence-electron chi connectivity index (χ3n) is 6.80. The Hall–Kier alpha value is -2.45. The first kappa shape index (κ1) is 27.6. The number of carbonyl (C=O) groups is 1. The molecule has 3 N–H and O–H groups in total. The largest absolute Gasteiger partial charge is 0.480 e. The lowest BCUT2D eigenvalue weighted by Gasteiger charge is -2.40. The van der Waals surface area contributed by atoms with Crippen LogP contribution in [0.5, 0.6) is 0 Å². The van der Waals surface area contributed by atoms with E-state index in [0.29, 0.717) is 0 Å². The highest BCUT2D eigenvalue weighted by molar-refractivity contribution is 8.02. The van der Waals surface area contributed by atoms with Crippen molar-refractivity contribution in [2.45, 2.75) is 41.3 Å². The Labute approximate surface area is 222 Å². The molecule has 3 unspecified atom stereocenters. The van der Waals surface area contributed by atoms with Crippen molar-refractivity contribution in [3.05, 3.63) is 108 Å². The molecule has 3 atom stereocenters. The number of hydrogen-bond donors (Lipinski definition) is 3. The average Bonchev–Trinajstić information content (AvgIpc) is 3.25. The van der Waals surface area contributed by atoms with Crippen molar-refractivity contribution in [1.82, 2.24) is 10.6 Å². The summed E-state index contributed by atoms with van der Waals surface area (Å²) < 4.78 is 23.3. The summed E-state index contributed by atoms with van der Waals surface area (Å²) in [5.74, 6) is -1.73. The van der Waals surface area contributed by atoms with Crippen LogP contribution in [0.2, 0.25) is 0 Å². The number of carboxylic acid groups (broad SMARTS) is 1. The fourth-order valence-corrected chi connectivity index (χ4v) is 8.74. The topological polar surface area (TPSA) is 96.9 Å². The highest BCUT2D eigenvalue weighted by atomic mass is 32.2. The molecule has 1 heterocycles. The number of carboxylic acids is 1. The van der Waals surface area contributed by atoms with Crippen LogP contribution in [0, 0.1) is 0 Å². The van der Waals surface area contributed by atoms with Crippen LogP contribution in [0.4, 0.5) is 0 Å². The van der Waals surface area contributed by atoms with E-state index in [1.807, 2.05) is 105 Å². The minimum Gasteiger partial charge on any atom is -0.480 e. The van der Waals surface area contributed by atoms with Crippen molar-refractivity contribution >= 4 is 25.3 Å². The summed E-state index contributed by atoms with van der Waals surface area (Å²) in [6.45, 7) is 3.83. The first-order valence-electron chi connectivity index (χ1n) is 12.0. The van der Waals surface area contributed by atoms with Crippen LogP contribution in [-0.4, -0.2) is 47.2 Å². The van der Waals surface area contributed by atoms with Gasteiger partial charge in [0.15, 0.2) is 0 Å². The SMILES string of the molecule is COP(=O)(OC)C1NC(C(NC(c2ccccc2)(c2ccccc2)c2ccccc2)C(=O)O)SC1(C)C. The Morgan fingerprint density at radius 3 is 1.68 bits per heavy atom.